The molecule has 1 N–H and O–H groups in total. The maximum absolute atomic E-state index is 9.53. The number of hydrogen-bond donors (Lipinski definition) is 1. The first kappa shape index (κ1) is 7.17. The third-order valence-electron chi connectivity index (χ3n) is 1.89. The van der Waals surface area contributed by atoms with Gasteiger partial charge in [-0.2, -0.15) is 0 Å². The first-order valence-corrected chi connectivity index (χ1v) is 3.88. The highest BCUT2D eigenvalue weighted by atomic mass is 16.3. The van der Waals surface area contributed by atoms with Gasteiger partial charge in [-0.15, -0.1) is 0 Å². The molecule has 0 saturated heterocycles. The fraction of sp³-hybridized carbons (Fsp3) is 0.0909. The normalized spacial score (nSPS) is 10.4. The van der Waals surface area contributed by atoms with E-state index in [1.807, 2.05) is 31.2 Å². The summed E-state index contributed by atoms with van der Waals surface area (Å²) in [7, 11) is 0. The molecule has 2 aromatic carbocycles. The highest BCUT2D eigenvalue weighted by Gasteiger charge is 1.98. The van der Waals surface area contributed by atoms with E-state index < -0.39 is 0 Å². The van der Waals surface area contributed by atoms with E-state index in [-0.39, 0.29) is 0 Å². The molecule has 12 heavy (non-hydrogen) atoms. The van der Waals surface area contributed by atoms with Crippen molar-refractivity contribution >= 4 is 10.8 Å². The molecule has 0 bridgehead atoms. The van der Waals surface area contributed by atoms with Crippen LogP contribution in [0.25, 0.3) is 10.8 Å². The van der Waals surface area contributed by atoms with E-state index in [4.69, 9.17) is 0 Å². The molecule has 0 heterocycles. The van der Waals surface area contributed by atoms with E-state index in [2.05, 4.69) is 6.07 Å². The van der Waals surface area contributed by atoms with Crippen molar-refractivity contribution in [2.75, 3.05) is 0 Å². The predicted octanol–water partition coefficient (Wildman–Crippen LogP) is 2.65. The lowest BCUT2D eigenvalue weighted by molar-refractivity contribution is 0.481. The average molecular weight is 157 g/mol. The zero-order valence-electron chi connectivity index (χ0n) is 6.83. The molecule has 0 fully saturated rings. The quantitative estimate of drug-likeness (QED) is 0.623. The second-order valence-electron chi connectivity index (χ2n) is 2.88. The Bertz CT molecular complexity index is 418. The lowest BCUT2D eigenvalue weighted by Gasteiger charge is -2.00. The van der Waals surface area contributed by atoms with Crippen molar-refractivity contribution in [3.63, 3.8) is 0 Å². The van der Waals surface area contributed by atoms with Crippen LogP contribution in [0.2, 0.25) is 0 Å². The Morgan fingerprint density at radius 2 is 2.00 bits per heavy atom. The van der Waals surface area contributed by atoms with Crippen molar-refractivity contribution in [3.8, 4) is 5.75 Å². The molecule has 1 nitrogen and oxygen atoms in total. The molecule has 0 aliphatic carbocycles. The lowest BCUT2D eigenvalue weighted by atomic mass is 10.1. The van der Waals surface area contributed by atoms with Crippen LogP contribution in [0.15, 0.2) is 30.3 Å². The van der Waals surface area contributed by atoms with Gasteiger partial charge in [0, 0.05) is 5.39 Å². The van der Waals surface area contributed by atoms with Gasteiger partial charge in [0.1, 0.15) is 5.75 Å². The van der Waals surface area contributed by atoms with Crippen LogP contribution in [0.5, 0.6) is 5.75 Å². The van der Waals surface area contributed by atoms with Crippen LogP contribution in [-0.4, -0.2) is 5.11 Å². The van der Waals surface area contributed by atoms with E-state index in [0.717, 1.165) is 16.3 Å². The van der Waals surface area contributed by atoms with E-state index in [1.165, 1.54) is 0 Å². The van der Waals surface area contributed by atoms with Gasteiger partial charge in [-0.05, 0) is 30.0 Å². The zero-order valence-corrected chi connectivity index (χ0v) is 6.83. The number of benzene rings is 2. The summed E-state index contributed by atoms with van der Waals surface area (Å²) in [5.74, 6) is 0.335. The van der Waals surface area contributed by atoms with Gasteiger partial charge < -0.3 is 5.11 Å². The van der Waals surface area contributed by atoms with Gasteiger partial charge in [-0.3, -0.25) is 0 Å². The third-order valence-corrected chi connectivity index (χ3v) is 1.89. The van der Waals surface area contributed by atoms with Gasteiger partial charge in [0.15, 0.2) is 0 Å². The Balaban J connectivity index is 2.89. The highest BCUT2D eigenvalue weighted by Crippen LogP contribution is 2.24. The van der Waals surface area contributed by atoms with Crippen molar-refractivity contribution < 1.29 is 5.11 Å². The molecule has 2 rings (SSSR count). The van der Waals surface area contributed by atoms with E-state index in [1.54, 1.807) is 6.07 Å². The maximum atomic E-state index is 9.53. The average Bonchev–Trinajstić information content (AvgIpc) is 2.04. The number of fused-ring (bicyclic) bond motifs is 1. The fourth-order valence-corrected chi connectivity index (χ4v) is 1.35. The van der Waals surface area contributed by atoms with E-state index in [0.29, 0.717) is 5.75 Å². The Hall–Kier alpha value is -1.50. The molecule has 59 valence electrons. The number of aromatic hydroxyl groups is 1. The molecular weight excluding hydrogens is 148 g/mol. The number of hydrogen-bond acceptors (Lipinski definition) is 1. The Morgan fingerprint density at radius 1 is 1.25 bits per heavy atom. The van der Waals surface area contributed by atoms with Gasteiger partial charge in [-0.1, -0.05) is 24.3 Å². The molecular formula is C11H9O. The smallest absolute Gasteiger partial charge is 0.123 e. The van der Waals surface area contributed by atoms with Crippen molar-refractivity contribution in [1.29, 1.82) is 0 Å². The van der Waals surface area contributed by atoms with Crippen molar-refractivity contribution in [3.05, 3.63) is 42.0 Å². The Labute approximate surface area is 71.3 Å². The summed E-state index contributed by atoms with van der Waals surface area (Å²) in [6, 6.07) is 12.6. The fourth-order valence-electron chi connectivity index (χ4n) is 1.35. The van der Waals surface area contributed by atoms with Gasteiger partial charge in [0.2, 0.25) is 0 Å². The van der Waals surface area contributed by atoms with Crippen molar-refractivity contribution in [1.82, 2.24) is 0 Å². The minimum atomic E-state index is 0.335. The summed E-state index contributed by atoms with van der Waals surface area (Å²) in [6.07, 6.45) is 0. The molecule has 1 heteroatoms. The first-order chi connectivity index (χ1) is 5.77. The largest absolute Gasteiger partial charge is 0.507 e. The minimum Gasteiger partial charge on any atom is -0.507 e. The van der Waals surface area contributed by atoms with Gasteiger partial charge in [0.25, 0.3) is 0 Å². The molecule has 0 aliphatic heterocycles. The molecule has 0 amide bonds. The summed E-state index contributed by atoms with van der Waals surface area (Å²) in [6.45, 7) is 1.92. The third kappa shape index (κ3) is 1.03. The lowest BCUT2D eigenvalue weighted by Crippen LogP contribution is -1.76. The second-order valence-corrected chi connectivity index (χ2v) is 2.88. The molecule has 0 saturated carbocycles. The molecule has 0 atom stereocenters. The van der Waals surface area contributed by atoms with Crippen LogP contribution in [0.1, 0.15) is 5.56 Å². The summed E-state index contributed by atoms with van der Waals surface area (Å²) in [4.78, 5) is 0. The number of rotatable bonds is 0. The Kier molecular flexibility index (Phi) is 1.51. The molecule has 0 aliphatic rings. The molecule has 1 radical (unpaired) electrons. The van der Waals surface area contributed by atoms with Crippen molar-refractivity contribution in [2.45, 2.75) is 6.92 Å². The van der Waals surface area contributed by atoms with E-state index >= 15 is 0 Å². The Morgan fingerprint density at radius 3 is 2.83 bits per heavy atom. The minimum absolute atomic E-state index is 0.335. The number of phenolic OH excluding ortho intramolecular Hbond substituents is 1. The topological polar surface area (TPSA) is 20.2 Å². The van der Waals surface area contributed by atoms with Crippen LogP contribution < -0.4 is 0 Å². The van der Waals surface area contributed by atoms with Crippen LogP contribution in [-0.2, 0) is 0 Å². The summed E-state index contributed by atoms with van der Waals surface area (Å²) < 4.78 is 0. The SMILES string of the molecule is Cc1[c]c2ccccc2c(O)c1. The maximum Gasteiger partial charge on any atom is 0.123 e. The van der Waals surface area contributed by atoms with Gasteiger partial charge in [0.05, 0.1) is 0 Å². The summed E-state index contributed by atoms with van der Waals surface area (Å²) >= 11 is 0. The monoisotopic (exact) mass is 157 g/mol. The van der Waals surface area contributed by atoms with Gasteiger partial charge in [-0.25, -0.2) is 0 Å². The van der Waals surface area contributed by atoms with Crippen molar-refractivity contribution in [2.24, 2.45) is 0 Å². The molecule has 2 aromatic rings. The highest BCUT2D eigenvalue weighted by molar-refractivity contribution is 5.88. The standard InChI is InChI=1S/C11H9O/c1-8-6-9-4-2-3-5-10(9)11(12)7-8/h2-5,7,12H,1H3. The van der Waals surface area contributed by atoms with Crippen LogP contribution in [0.3, 0.4) is 0 Å². The second kappa shape index (κ2) is 2.52. The molecule has 0 spiro atoms. The summed E-state index contributed by atoms with van der Waals surface area (Å²) in [5, 5.41) is 11.4. The van der Waals surface area contributed by atoms with E-state index in [9.17, 15) is 5.11 Å². The van der Waals surface area contributed by atoms with Crippen LogP contribution in [0, 0.1) is 13.0 Å². The predicted molar refractivity (Wildman–Crippen MR) is 49.2 cm³/mol. The first-order valence-electron chi connectivity index (χ1n) is 3.88. The summed E-state index contributed by atoms with van der Waals surface area (Å²) in [5.41, 5.74) is 0.964. The molecule has 0 unspecified atom stereocenters. The van der Waals surface area contributed by atoms with Gasteiger partial charge >= 0.3 is 0 Å². The van der Waals surface area contributed by atoms with Crippen LogP contribution >= 0.6 is 0 Å². The van der Waals surface area contributed by atoms with Crippen LogP contribution in [0.4, 0.5) is 0 Å². The number of aryl methyl sites for hydroxylation is 1. The molecule has 0 aromatic heterocycles. The zero-order chi connectivity index (χ0) is 8.55. The number of phenols is 1.